The average Bonchev–Trinajstić information content (AvgIpc) is 2.85. The zero-order valence-corrected chi connectivity index (χ0v) is 10.9. The van der Waals surface area contributed by atoms with Crippen LogP contribution in [-0.2, 0) is 0 Å². The number of carbonyl (C=O) groups excluding carboxylic acids is 1. The molecule has 1 aromatic carbocycles. The number of anilines is 1. The predicted octanol–water partition coefficient (Wildman–Crippen LogP) is 2.67. The summed E-state index contributed by atoms with van der Waals surface area (Å²) in [6, 6.07) is 5.45. The Kier molecular flexibility index (Phi) is 4.41. The summed E-state index contributed by atoms with van der Waals surface area (Å²) in [5.74, 6) is 3.76. The van der Waals surface area contributed by atoms with E-state index in [1.54, 1.807) is 0 Å². The van der Waals surface area contributed by atoms with Crippen LogP contribution in [0, 0.1) is 17.7 Å². The highest BCUT2D eigenvalue weighted by molar-refractivity contribution is 6.32. The quantitative estimate of drug-likeness (QED) is 0.837. The van der Waals surface area contributed by atoms with E-state index in [2.05, 4.69) is 17.2 Å². The SMILES string of the molecule is O=C(Nc1ccc(C#CCO)cc1F)c1ccoc1Cl. The molecular formula is C14H9ClFNO3. The monoisotopic (exact) mass is 293 g/mol. The molecule has 0 aliphatic heterocycles. The van der Waals surface area contributed by atoms with E-state index >= 15 is 0 Å². The molecule has 0 saturated carbocycles. The number of hydrogen-bond donors (Lipinski definition) is 2. The largest absolute Gasteiger partial charge is 0.452 e. The zero-order chi connectivity index (χ0) is 14.5. The lowest BCUT2D eigenvalue weighted by Gasteiger charge is -2.05. The van der Waals surface area contributed by atoms with Crippen LogP contribution in [0.25, 0.3) is 0 Å². The van der Waals surface area contributed by atoms with Crippen LogP contribution in [0.2, 0.25) is 5.22 Å². The first-order valence-corrected chi connectivity index (χ1v) is 5.93. The molecule has 0 radical (unpaired) electrons. The maximum Gasteiger partial charge on any atom is 0.260 e. The maximum atomic E-state index is 13.8. The second-order valence-electron chi connectivity index (χ2n) is 3.72. The van der Waals surface area contributed by atoms with Crippen LogP contribution in [0.15, 0.2) is 34.9 Å². The van der Waals surface area contributed by atoms with Gasteiger partial charge in [0, 0.05) is 5.56 Å². The van der Waals surface area contributed by atoms with Gasteiger partial charge in [0.15, 0.2) is 0 Å². The van der Waals surface area contributed by atoms with Crippen LogP contribution in [0.4, 0.5) is 10.1 Å². The number of aliphatic hydroxyl groups excluding tert-OH is 1. The second-order valence-corrected chi connectivity index (χ2v) is 4.06. The summed E-state index contributed by atoms with van der Waals surface area (Å²) in [6.07, 6.45) is 1.27. The van der Waals surface area contributed by atoms with E-state index in [4.69, 9.17) is 21.1 Å². The van der Waals surface area contributed by atoms with Gasteiger partial charge in [0.1, 0.15) is 12.4 Å². The van der Waals surface area contributed by atoms with Crippen LogP contribution in [0.1, 0.15) is 15.9 Å². The number of carbonyl (C=O) groups is 1. The van der Waals surface area contributed by atoms with Gasteiger partial charge in [0.05, 0.1) is 17.5 Å². The van der Waals surface area contributed by atoms with E-state index in [1.807, 2.05) is 0 Å². The molecule has 2 aromatic rings. The second kappa shape index (κ2) is 6.24. The van der Waals surface area contributed by atoms with E-state index in [0.29, 0.717) is 5.56 Å². The standard InChI is InChI=1S/C14H9ClFNO3/c15-13-10(5-7-20-13)14(19)17-12-4-3-9(2-1-6-18)8-11(12)16/h3-5,7-8,18H,6H2,(H,17,19). The molecule has 0 atom stereocenters. The van der Waals surface area contributed by atoms with Gasteiger partial charge in [-0.15, -0.1) is 0 Å². The predicted molar refractivity (Wildman–Crippen MR) is 72.0 cm³/mol. The first-order chi connectivity index (χ1) is 9.61. The van der Waals surface area contributed by atoms with Gasteiger partial charge in [-0.05, 0) is 35.9 Å². The third kappa shape index (κ3) is 3.18. The van der Waals surface area contributed by atoms with E-state index in [-0.39, 0.29) is 23.1 Å². The van der Waals surface area contributed by atoms with E-state index in [1.165, 1.54) is 24.5 Å². The van der Waals surface area contributed by atoms with Crippen molar-refractivity contribution in [2.24, 2.45) is 0 Å². The fourth-order valence-electron chi connectivity index (χ4n) is 1.48. The van der Waals surface area contributed by atoms with Gasteiger partial charge >= 0.3 is 0 Å². The Morgan fingerprint density at radius 3 is 2.85 bits per heavy atom. The first-order valence-electron chi connectivity index (χ1n) is 5.55. The third-order valence-electron chi connectivity index (χ3n) is 2.39. The van der Waals surface area contributed by atoms with Crippen molar-refractivity contribution in [3.63, 3.8) is 0 Å². The topological polar surface area (TPSA) is 62.5 Å². The van der Waals surface area contributed by atoms with Crippen LogP contribution < -0.4 is 5.32 Å². The Morgan fingerprint density at radius 1 is 1.45 bits per heavy atom. The lowest BCUT2D eigenvalue weighted by atomic mass is 10.2. The Morgan fingerprint density at radius 2 is 2.25 bits per heavy atom. The summed E-state index contributed by atoms with van der Waals surface area (Å²) in [5, 5.41) is 10.9. The normalized spacial score (nSPS) is 9.75. The number of benzene rings is 1. The van der Waals surface area contributed by atoms with Crippen LogP contribution in [-0.4, -0.2) is 17.6 Å². The summed E-state index contributed by atoms with van der Waals surface area (Å²) in [4.78, 5) is 11.8. The van der Waals surface area contributed by atoms with E-state index in [9.17, 15) is 9.18 Å². The van der Waals surface area contributed by atoms with Crippen molar-refractivity contribution in [2.45, 2.75) is 0 Å². The molecule has 0 aliphatic rings. The number of amides is 1. The molecule has 4 nitrogen and oxygen atoms in total. The van der Waals surface area contributed by atoms with Crippen molar-refractivity contribution in [1.29, 1.82) is 0 Å². The Bertz CT molecular complexity index is 700. The van der Waals surface area contributed by atoms with Crippen molar-refractivity contribution < 1.29 is 18.7 Å². The highest BCUT2D eigenvalue weighted by Gasteiger charge is 2.14. The Balaban J connectivity index is 2.18. The summed E-state index contributed by atoms with van der Waals surface area (Å²) in [6.45, 7) is -0.306. The van der Waals surface area contributed by atoms with Gasteiger partial charge in [0.2, 0.25) is 5.22 Å². The van der Waals surface area contributed by atoms with Gasteiger partial charge in [-0.1, -0.05) is 11.8 Å². The smallest absolute Gasteiger partial charge is 0.260 e. The molecule has 2 rings (SSSR count). The first kappa shape index (κ1) is 14.1. The fourth-order valence-corrected chi connectivity index (χ4v) is 1.68. The molecule has 0 unspecified atom stereocenters. The molecule has 0 fully saturated rings. The molecule has 102 valence electrons. The molecule has 0 saturated heterocycles. The minimum atomic E-state index is -0.636. The Labute approximate surface area is 119 Å². The Hall–Kier alpha value is -2.29. The fraction of sp³-hybridized carbons (Fsp3) is 0.0714. The van der Waals surface area contributed by atoms with E-state index in [0.717, 1.165) is 6.07 Å². The van der Waals surface area contributed by atoms with Gasteiger partial charge < -0.3 is 14.8 Å². The minimum absolute atomic E-state index is 0.00168. The molecular weight excluding hydrogens is 285 g/mol. The summed E-state index contributed by atoms with van der Waals surface area (Å²) in [7, 11) is 0. The van der Waals surface area contributed by atoms with Crippen LogP contribution in [0.5, 0.6) is 0 Å². The highest BCUT2D eigenvalue weighted by atomic mass is 35.5. The van der Waals surface area contributed by atoms with Gasteiger partial charge in [0.25, 0.3) is 5.91 Å². The minimum Gasteiger partial charge on any atom is -0.452 e. The number of rotatable bonds is 2. The van der Waals surface area contributed by atoms with E-state index < -0.39 is 11.7 Å². The molecule has 1 heterocycles. The number of aliphatic hydroxyl groups is 1. The van der Waals surface area contributed by atoms with Crippen molar-refractivity contribution in [3.8, 4) is 11.8 Å². The molecule has 1 amide bonds. The van der Waals surface area contributed by atoms with Crippen molar-refractivity contribution in [3.05, 3.63) is 52.7 Å². The zero-order valence-electron chi connectivity index (χ0n) is 10.1. The van der Waals surface area contributed by atoms with Crippen LogP contribution in [0.3, 0.4) is 0 Å². The van der Waals surface area contributed by atoms with Crippen molar-refractivity contribution >= 4 is 23.2 Å². The maximum absolute atomic E-state index is 13.8. The molecule has 2 N–H and O–H groups in total. The van der Waals surface area contributed by atoms with Gasteiger partial charge in [-0.2, -0.15) is 0 Å². The van der Waals surface area contributed by atoms with Crippen LogP contribution >= 0.6 is 11.6 Å². The van der Waals surface area contributed by atoms with Gasteiger partial charge in [-0.3, -0.25) is 4.79 Å². The summed E-state index contributed by atoms with van der Waals surface area (Å²) < 4.78 is 18.6. The number of nitrogens with one attached hydrogen (secondary N) is 1. The number of halogens is 2. The molecule has 0 spiro atoms. The molecule has 6 heteroatoms. The number of hydrogen-bond acceptors (Lipinski definition) is 3. The van der Waals surface area contributed by atoms with Crippen molar-refractivity contribution in [1.82, 2.24) is 0 Å². The lowest BCUT2D eigenvalue weighted by molar-refractivity contribution is 0.102. The molecule has 1 aromatic heterocycles. The van der Waals surface area contributed by atoms with Gasteiger partial charge in [-0.25, -0.2) is 4.39 Å². The lowest BCUT2D eigenvalue weighted by Crippen LogP contribution is -2.12. The highest BCUT2D eigenvalue weighted by Crippen LogP contribution is 2.20. The third-order valence-corrected chi connectivity index (χ3v) is 2.68. The summed E-state index contributed by atoms with van der Waals surface area (Å²) in [5.41, 5.74) is 0.521. The van der Waals surface area contributed by atoms with Crippen molar-refractivity contribution in [2.75, 3.05) is 11.9 Å². The average molecular weight is 294 g/mol. The molecule has 0 bridgehead atoms. The molecule has 0 aliphatic carbocycles. The molecule has 20 heavy (non-hydrogen) atoms. The summed E-state index contributed by atoms with van der Waals surface area (Å²) >= 11 is 5.66. The number of furan rings is 1.